The van der Waals surface area contributed by atoms with Gasteiger partial charge < -0.3 is 14.8 Å². The van der Waals surface area contributed by atoms with E-state index in [1.165, 1.54) is 25.9 Å². The van der Waals surface area contributed by atoms with Crippen LogP contribution >= 0.6 is 0 Å². The molecule has 0 radical (unpaired) electrons. The summed E-state index contributed by atoms with van der Waals surface area (Å²) in [4.78, 5) is 14.2. The molecule has 3 heterocycles. The summed E-state index contributed by atoms with van der Waals surface area (Å²) >= 11 is 0. The molecule has 1 saturated heterocycles. The molecule has 3 aromatic rings. The van der Waals surface area contributed by atoms with E-state index in [0.29, 0.717) is 31.8 Å². The van der Waals surface area contributed by atoms with Crippen molar-refractivity contribution < 1.29 is 9.47 Å². The van der Waals surface area contributed by atoms with Crippen LogP contribution in [0.25, 0.3) is 11.3 Å². The molecule has 7 heteroatoms. The van der Waals surface area contributed by atoms with Crippen LogP contribution in [-0.2, 0) is 17.9 Å². The number of nitrogens with one attached hydrogen (secondary N) is 1. The van der Waals surface area contributed by atoms with Crippen LogP contribution in [0.4, 0.5) is 11.6 Å². The molecular formula is C31H39N5O2. The van der Waals surface area contributed by atoms with Gasteiger partial charge in [0, 0.05) is 48.7 Å². The van der Waals surface area contributed by atoms with Crippen molar-refractivity contribution in [3.05, 3.63) is 78.0 Å². The van der Waals surface area contributed by atoms with E-state index in [1.807, 2.05) is 12.1 Å². The maximum atomic E-state index is 6.35. The molecule has 5 rings (SSSR count). The Hall–Kier alpha value is -3.26. The molecule has 1 N–H and O–H groups in total. The molecule has 0 spiro atoms. The Bertz CT molecular complexity index is 1220. The van der Waals surface area contributed by atoms with Crippen LogP contribution in [0.1, 0.15) is 37.8 Å². The van der Waals surface area contributed by atoms with E-state index in [2.05, 4.69) is 82.5 Å². The second-order valence-corrected chi connectivity index (χ2v) is 10.3. The number of ether oxygens (including phenoxy) is 2. The first kappa shape index (κ1) is 26.4. The molecule has 2 aromatic carbocycles. The third-order valence-corrected chi connectivity index (χ3v) is 7.15. The largest absolute Gasteiger partial charge is 0.492 e. The monoisotopic (exact) mass is 513 g/mol. The van der Waals surface area contributed by atoms with Gasteiger partial charge in [0.25, 0.3) is 0 Å². The molecule has 6 bridgehead atoms. The molecule has 1 fully saturated rings. The number of benzene rings is 2. The SMILES string of the molecule is CC(C)N1C/C=C/COCc2cccc(c2)-c2ccnc(n2)Nc2ccc(OCCN3CCCC3)c(c2)C1. The summed E-state index contributed by atoms with van der Waals surface area (Å²) in [6.07, 6.45) is 8.71. The van der Waals surface area contributed by atoms with Crippen LogP contribution in [0.15, 0.2) is 66.9 Å². The van der Waals surface area contributed by atoms with Crippen LogP contribution < -0.4 is 10.1 Å². The van der Waals surface area contributed by atoms with Crippen molar-refractivity contribution >= 4 is 11.6 Å². The predicted molar refractivity (Wildman–Crippen MR) is 153 cm³/mol. The van der Waals surface area contributed by atoms with Crippen molar-refractivity contribution in [2.75, 3.05) is 44.7 Å². The number of hydrogen-bond donors (Lipinski definition) is 1. The highest BCUT2D eigenvalue weighted by Crippen LogP contribution is 2.28. The van der Waals surface area contributed by atoms with Crippen LogP contribution in [0, 0.1) is 0 Å². The summed E-state index contributed by atoms with van der Waals surface area (Å²) in [5, 5.41) is 3.42. The topological polar surface area (TPSA) is 62.8 Å². The minimum atomic E-state index is 0.378. The Kier molecular flexibility index (Phi) is 9.02. The summed E-state index contributed by atoms with van der Waals surface area (Å²) < 4.78 is 12.3. The molecule has 0 unspecified atom stereocenters. The molecule has 7 nitrogen and oxygen atoms in total. The summed E-state index contributed by atoms with van der Waals surface area (Å²) in [6, 6.07) is 17.0. The number of likely N-dealkylation sites (tertiary alicyclic amines) is 1. The number of rotatable bonds is 5. The van der Waals surface area contributed by atoms with E-state index < -0.39 is 0 Å². The lowest BCUT2D eigenvalue weighted by molar-refractivity contribution is 0.148. The van der Waals surface area contributed by atoms with Crippen molar-refractivity contribution in [1.29, 1.82) is 0 Å². The molecule has 200 valence electrons. The zero-order valence-electron chi connectivity index (χ0n) is 22.6. The van der Waals surface area contributed by atoms with Gasteiger partial charge in [-0.2, -0.15) is 0 Å². The van der Waals surface area contributed by atoms with Gasteiger partial charge in [-0.05, 0) is 75.7 Å². The quantitative estimate of drug-likeness (QED) is 0.442. The molecule has 0 aliphatic carbocycles. The fourth-order valence-electron chi connectivity index (χ4n) is 4.94. The summed E-state index contributed by atoms with van der Waals surface area (Å²) in [7, 11) is 0. The van der Waals surface area contributed by atoms with Crippen molar-refractivity contribution in [2.24, 2.45) is 0 Å². The number of fused-ring (bicyclic) bond motifs is 7. The van der Waals surface area contributed by atoms with Gasteiger partial charge in [0.1, 0.15) is 12.4 Å². The third kappa shape index (κ3) is 7.19. The second-order valence-electron chi connectivity index (χ2n) is 10.3. The van der Waals surface area contributed by atoms with Gasteiger partial charge in [0.2, 0.25) is 5.95 Å². The van der Waals surface area contributed by atoms with Gasteiger partial charge in [-0.15, -0.1) is 0 Å². The van der Waals surface area contributed by atoms with Crippen molar-refractivity contribution in [3.8, 4) is 17.0 Å². The minimum absolute atomic E-state index is 0.378. The zero-order chi connectivity index (χ0) is 26.2. The Balaban J connectivity index is 1.43. The molecule has 2 aliphatic heterocycles. The molecule has 38 heavy (non-hydrogen) atoms. The van der Waals surface area contributed by atoms with E-state index in [0.717, 1.165) is 53.5 Å². The van der Waals surface area contributed by atoms with Crippen LogP contribution in [-0.4, -0.2) is 65.2 Å². The van der Waals surface area contributed by atoms with Gasteiger partial charge >= 0.3 is 0 Å². The van der Waals surface area contributed by atoms with E-state index >= 15 is 0 Å². The van der Waals surface area contributed by atoms with Crippen LogP contribution in [0.3, 0.4) is 0 Å². The first-order valence-corrected chi connectivity index (χ1v) is 13.8. The maximum Gasteiger partial charge on any atom is 0.227 e. The summed E-state index contributed by atoms with van der Waals surface area (Å²) in [5.41, 5.74) is 5.15. The normalized spacial score (nSPS) is 18.0. The van der Waals surface area contributed by atoms with Gasteiger partial charge in [-0.1, -0.05) is 30.4 Å². The van der Waals surface area contributed by atoms with E-state index in [4.69, 9.17) is 14.5 Å². The molecule has 0 amide bonds. The second kappa shape index (κ2) is 13.0. The standard InChI is InChI=1S/C31H39N5O2/c1-24(2)36-16-5-6-18-37-23-25-8-7-9-26(20-25)29-12-13-32-31(34-29)33-28-10-11-30(27(21-28)22-36)38-19-17-35-14-3-4-15-35/h5-13,20-21,24H,3-4,14-19,22-23H2,1-2H3,(H,32,33,34)/b6-5+. The third-order valence-electron chi connectivity index (χ3n) is 7.15. The number of aromatic nitrogens is 2. The van der Waals surface area contributed by atoms with Gasteiger partial charge in [-0.25, -0.2) is 9.97 Å². The van der Waals surface area contributed by atoms with E-state index in [9.17, 15) is 0 Å². The molecule has 1 aromatic heterocycles. The lowest BCUT2D eigenvalue weighted by Gasteiger charge is -2.27. The van der Waals surface area contributed by atoms with Gasteiger partial charge in [-0.3, -0.25) is 9.80 Å². The van der Waals surface area contributed by atoms with Gasteiger partial charge in [0.05, 0.1) is 18.9 Å². The zero-order valence-corrected chi connectivity index (χ0v) is 22.6. The fraction of sp³-hybridized carbons (Fsp3) is 0.419. The number of anilines is 2. The molecule has 0 saturated carbocycles. The van der Waals surface area contributed by atoms with Crippen molar-refractivity contribution in [1.82, 2.24) is 19.8 Å². The Morgan fingerprint density at radius 2 is 1.95 bits per heavy atom. The summed E-state index contributed by atoms with van der Waals surface area (Å²) in [5.74, 6) is 1.51. The van der Waals surface area contributed by atoms with E-state index in [1.54, 1.807) is 6.20 Å². The smallest absolute Gasteiger partial charge is 0.227 e. The average Bonchev–Trinajstić information content (AvgIpc) is 3.44. The number of nitrogens with zero attached hydrogens (tertiary/aromatic N) is 4. The number of hydrogen-bond acceptors (Lipinski definition) is 7. The molecule has 2 aliphatic rings. The minimum Gasteiger partial charge on any atom is -0.492 e. The van der Waals surface area contributed by atoms with E-state index in [-0.39, 0.29) is 0 Å². The lowest BCUT2D eigenvalue weighted by atomic mass is 10.1. The average molecular weight is 514 g/mol. The Morgan fingerprint density at radius 3 is 2.82 bits per heavy atom. The molecule has 0 atom stereocenters. The van der Waals surface area contributed by atoms with Crippen molar-refractivity contribution in [3.63, 3.8) is 0 Å². The highest BCUT2D eigenvalue weighted by molar-refractivity contribution is 5.63. The highest BCUT2D eigenvalue weighted by Gasteiger charge is 2.16. The Morgan fingerprint density at radius 1 is 1.05 bits per heavy atom. The maximum absolute atomic E-state index is 6.35. The molecular weight excluding hydrogens is 474 g/mol. The highest BCUT2D eigenvalue weighted by atomic mass is 16.5. The van der Waals surface area contributed by atoms with Crippen LogP contribution in [0.5, 0.6) is 5.75 Å². The fourth-order valence-corrected chi connectivity index (χ4v) is 4.94. The Labute approximate surface area is 226 Å². The lowest BCUT2D eigenvalue weighted by Crippen LogP contribution is -2.31. The first-order chi connectivity index (χ1) is 18.6. The van der Waals surface area contributed by atoms with Crippen LogP contribution in [0.2, 0.25) is 0 Å². The van der Waals surface area contributed by atoms with Gasteiger partial charge in [0.15, 0.2) is 0 Å². The first-order valence-electron chi connectivity index (χ1n) is 13.8. The predicted octanol–water partition coefficient (Wildman–Crippen LogP) is 5.66. The summed E-state index contributed by atoms with van der Waals surface area (Å²) in [6.45, 7) is 11.3. The van der Waals surface area contributed by atoms with Crippen molar-refractivity contribution in [2.45, 2.75) is 45.9 Å².